The first kappa shape index (κ1) is 17.6. The molecule has 0 bridgehead atoms. The highest BCUT2D eigenvalue weighted by Crippen LogP contribution is 2.24. The van der Waals surface area contributed by atoms with Crippen molar-refractivity contribution in [2.75, 3.05) is 17.7 Å². The molecule has 1 saturated heterocycles. The molecule has 0 radical (unpaired) electrons. The van der Waals surface area contributed by atoms with Gasteiger partial charge in [-0.2, -0.15) is 0 Å². The van der Waals surface area contributed by atoms with E-state index in [9.17, 15) is 14.4 Å². The number of halogens is 1. The van der Waals surface area contributed by atoms with Crippen LogP contribution in [0.4, 0.5) is 5.69 Å². The lowest BCUT2D eigenvalue weighted by Crippen LogP contribution is -2.51. The topological polar surface area (TPSA) is 84.5 Å². The molecule has 0 aliphatic carbocycles. The van der Waals surface area contributed by atoms with Crippen LogP contribution in [0, 0.1) is 0 Å². The number of anilines is 1. The Bertz CT molecular complexity index is 611. The Hall–Kier alpha value is -1.73. The molecule has 0 saturated carbocycles. The number of rotatable bonds is 5. The molecule has 1 aliphatic heterocycles. The summed E-state index contributed by atoms with van der Waals surface area (Å²) in [5.41, 5.74) is 0.504. The highest BCUT2D eigenvalue weighted by Gasteiger charge is 2.34. The second-order valence-electron chi connectivity index (χ2n) is 4.87. The lowest BCUT2D eigenvalue weighted by molar-refractivity contribution is -0.146. The van der Waals surface area contributed by atoms with Crippen LogP contribution in [0.3, 0.4) is 0 Å². The van der Waals surface area contributed by atoms with E-state index >= 15 is 0 Å². The largest absolute Gasteiger partial charge is 0.464 e. The van der Waals surface area contributed by atoms with Crippen molar-refractivity contribution < 1.29 is 19.1 Å². The van der Waals surface area contributed by atoms with Crippen LogP contribution in [-0.2, 0) is 19.1 Å². The van der Waals surface area contributed by atoms with Crippen LogP contribution < -0.4 is 10.6 Å². The monoisotopic (exact) mass is 356 g/mol. The number of esters is 1. The zero-order chi connectivity index (χ0) is 16.8. The molecule has 0 spiro atoms. The number of carbonyl (C=O) groups excluding carboxylic acids is 3. The summed E-state index contributed by atoms with van der Waals surface area (Å²) in [5.74, 6) is -0.713. The zero-order valence-electron chi connectivity index (χ0n) is 12.5. The van der Waals surface area contributed by atoms with Crippen molar-refractivity contribution in [3.8, 4) is 0 Å². The van der Waals surface area contributed by atoms with E-state index in [1.54, 1.807) is 31.2 Å². The van der Waals surface area contributed by atoms with Gasteiger partial charge in [-0.1, -0.05) is 23.7 Å². The highest BCUT2D eigenvalue weighted by atomic mass is 35.5. The van der Waals surface area contributed by atoms with E-state index in [0.29, 0.717) is 16.5 Å². The summed E-state index contributed by atoms with van der Waals surface area (Å²) in [4.78, 5) is 35.7. The number of para-hydroxylation sites is 1. The Morgan fingerprint density at radius 1 is 1.43 bits per heavy atom. The predicted octanol–water partition coefficient (Wildman–Crippen LogP) is 1.83. The van der Waals surface area contributed by atoms with Gasteiger partial charge in [0.05, 0.1) is 22.6 Å². The summed E-state index contributed by atoms with van der Waals surface area (Å²) in [5, 5.41) is 5.16. The Morgan fingerprint density at radius 2 is 2.17 bits per heavy atom. The fraction of sp³-hybridized carbons (Fsp3) is 0.400. The molecule has 1 aromatic rings. The minimum atomic E-state index is -0.657. The summed E-state index contributed by atoms with van der Waals surface area (Å²) >= 11 is 7.24. The molecule has 2 N–H and O–H groups in total. The molecule has 2 atom stereocenters. The normalized spacial score (nSPS) is 20.5. The predicted molar refractivity (Wildman–Crippen MR) is 89.5 cm³/mol. The van der Waals surface area contributed by atoms with E-state index in [0.717, 1.165) is 0 Å². The van der Waals surface area contributed by atoms with Crippen molar-refractivity contribution >= 4 is 46.8 Å². The molecule has 8 heteroatoms. The Labute approximate surface area is 143 Å². The van der Waals surface area contributed by atoms with Crippen LogP contribution in [0.2, 0.25) is 5.02 Å². The average molecular weight is 357 g/mol. The Balaban J connectivity index is 1.87. The maximum Gasteiger partial charge on any atom is 0.329 e. The second kappa shape index (κ2) is 8.21. The summed E-state index contributed by atoms with van der Waals surface area (Å²) < 4.78 is 4.88. The lowest BCUT2D eigenvalue weighted by atomic mass is 10.2. The SMILES string of the molecule is CCOC(=O)[C@@H]1CS[C@@H](CC(=O)Nc2ccccc2Cl)C(=O)N1. The van der Waals surface area contributed by atoms with Crippen LogP contribution in [0.1, 0.15) is 13.3 Å². The smallest absolute Gasteiger partial charge is 0.329 e. The fourth-order valence-corrected chi connectivity index (χ4v) is 3.36. The van der Waals surface area contributed by atoms with Crippen LogP contribution in [0.25, 0.3) is 0 Å². The van der Waals surface area contributed by atoms with Gasteiger partial charge < -0.3 is 15.4 Å². The van der Waals surface area contributed by atoms with E-state index in [-0.39, 0.29) is 24.8 Å². The van der Waals surface area contributed by atoms with E-state index in [1.807, 2.05) is 0 Å². The van der Waals surface area contributed by atoms with E-state index in [1.165, 1.54) is 11.8 Å². The second-order valence-corrected chi connectivity index (χ2v) is 6.51. The van der Waals surface area contributed by atoms with E-state index < -0.39 is 17.3 Å². The summed E-state index contributed by atoms with van der Waals surface area (Å²) in [6.07, 6.45) is 0.0112. The quantitative estimate of drug-likeness (QED) is 0.786. The molecule has 1 fully saturated rings. The van der Waals surface area contributed by atoms with Crippen molar-refractivity contribution in [1.82, 2.24) is 5.32 Å². The van der Waals surface area contributed by atoms with Gasteiger partial charge in [-0.15, -0.1) is 11.8 Å². The maximum atomic E-state index is 12.0. The zero-order valence-corrected chi connectivity index (χ0v) is 14.1. The van der Waals surface area contributed by atoms with Crippen molar-refractivity contribution in [2.24, 2.45) is 0 Å². The molecule has 1 aliphatic rings. The van der Waals surface area contributed by atoms with Gasteiger partial charge in [0.1, 0.15) is 6.04 Å². The number of benzene rings is 1. The number of ether oxygens (including phenoxy) is 1. The average Bonchev–Trinajstić information content (AvgIpc) is 2.52. The summed E-state index contributed by atoms with van der Waals surface area (Å²) in [6.45, 7) is 1.97. The van der Waals surface area contributed by atoms with Gasteiger partial charge in [0.15, 0.2) is 0 Å². The number of carbonyl (C=O) groups is 3. The van der Waals surface area contributed by atoms with Gasteiger partial charge in [-0.25, -0.2) is 4.79 Å². The molecular formula is C15H17ClN2O4S. The minimum Gasteiger partial charge on any atom is -0.464 e. The minimum absolute atomic E-state index is 0.0112. The number of thioether (sulfide) groups is 1. The highest BCUT2D eigenvalue weighted by molar-refractivity contribution is 8.00. The van der Waals surface area contributed by atoms with Crippen LogP contribution >= 0.6 is 23.4 Å². The van der Waals surface area contributed by atoms with Crippen molar-refractivity contribution in [3.05, 3.63) is 29.3 Å². The maximum absolute atomic E-state index is 12.0. The third kappa shape index (κ3) is 4.87. The lowest BCUT2D eigenvalue weighted by Gasteiger charge is -2.27. The Kier molecular flexibility index (Phi) is 6.29. The molecule has 1 heterocycles. The van der Waals surface area contributed by atoms with Crippen LogP contribution in [0.15, 0.2) is 24.3 Å². The summed E-state index contributed by atoms with van der Waals surface area (Å²) in [6, 6.07) is 6.22. The first-order valence-electron chi connectivity index (χ1n) is 7.14. The number of amides is 2. The van der Waals surface area contributed by atoms with Crippen LogP contribution in [-0.4, -0.2) is 41.4 Å². The molecular weight excluding hydrogens is 340 g/mol. The molecule has 23 heavy (non-hydrogen) atoms. The van der Waals surface area contributed by atoms with Crippen LogP contribution in [0.5, 0.6) is 0 Å². The number of nitrogens with one attached hydrogen (secondary N) is 2. The molecule has 124 valence electrons. The van der Waals surface area contributed by atoms with Gasteiger partial charge in [0, 0.05) is 12.2 Å². The third-order valence-electron chi connectivity index (χ3n) is 3.16. The molecule has 2 rings (SSSR count). The van der Waals surface area contributed by atoms with Crippen molar-refractivity contribution in [3.63, 3.8) is 0 Å². The molecule has 6 nitrogen and oxygen atoms in total. The molecule has 0 unspecified atom stereocenters. The third-order valence-corrected chi connectivity index (χ3v) is 4.80. The standard InChI is InChI=1S/C15H17ClN2O4S/c1-2-22-15(21)11-8-23-12(14(20)18-11)7-13(19)17-10-6-4-3-5-9(10)16/h3-6,11-12H,2,7-8H2,1H3,(H,17,19)(H,18,20)/t11-,12-/m0/s1. The van der Waals surface area contributed by atoms with Gasteiger partial charge in [0.2, 0.25) is 11.8 Å². The van der Waals surface area contributed by atoms with Gasteiger partial charge in [-0.3, -0.25) is 9.59 Å². The first-order valence-corrected chi connectivity index (χ1v) is 8.57. The molecule has 1 aromatic carbocycles. The summed E-state index contributed by atoms with van der Waals surface area (Å²) in [7, 11) is 0. The molecule has 2 amide bonds. The van der Waals surface area contributed by atoms with Crippen molar-refractivity contribution in [1.29, 1.82) is 0 Å². The van der Waals surface area contributed by atoms with E-state index in [4.69, 9.17) is 16.3 Å². The molecule has 0 aromatic heterocycles. The van der Waals surface area contributed by atoms with Gasteiger partial charge in [0.25, 0.3) is 0 Å². The Morgan fingerprint density at radius 3 is 2.83 bits per heavy atom. The number of hydrogen-bond acceptors (Lipinski definition) is 5. The van der Waals surface area contributed by atoms with Gasteiger partial charge in [-0.05, 0) is 19.1 Å². The number of hydrogen-bond donors (Lipinski definition) is 2. The van der Waals surface area contributed by atoms with Gasteiger partial charge >= 0.3 is 5.97 Å². The first-order chi connectivity index (χ1) is 11.0. The van der Waals surface area contributed by atoms with Crippen molar-refractivity contribution in [2.45, 2.75) is 24.6 Å². The fourth-order valence-electron chi connectivity index (χ4n) is 2.05. The van der Waals surface area contributed by atoms with E-state index in [2.05, 4.69) is 10.6 Å².